The van der Waals surface area contributed by atoms with Crippen LogP contribution in [-0.4, -0.2) is 42.7 Å². The molecule has 0 aliphatic carbocycles. The molecule has 0 saturated heterocycles. The first-order chi connectivity index (χ1) is 12.0. The molecule has 1 amide bonds. The van der Waals surface area contributed by atoms with Crippen LogP contribution in [0.25, 0.3) is 0 Å². The van der Waals surface area contributed by atoms with E-state index in [2.05, 4.69) is 11.1 Å². The number of hydrogen-bond acceptors (Lipinski definition) is 5. The minimum Gasteiger partial charge on any atom is -0.489 e. The molecule has 6 nitrogen and oxygen atoms in total. The summed E-state index contributed by atoms with van der Waals surface area (Å²) in [6.07, 6.45) is -0.106. The second kappa shape index (κ2) is 7.01. The number of benzene rings is 1. The fourth-order valence-corrected chi connectivity index (χ4v) is 2.96. The first-order valence-electron chi connectivity index (χ1n) is 8.16. The van der Waals surface area contributed by atoms with Gasteiger partial charge in [0.2, 0.25) is 11.8 Å². The third-order valence-electron chi connectivity index (χ3n) is 4.14. The van der Waals surface area contributed by atoms with E-state index in [0.29, 0.717) is 24.5 Å². The highest BCUT2D eigenvalue weighted by Crippen LogP contribution is 2.28. The summed E-state index contributed by atoms with van der Waals surface area (Å²) in [5.74, 6) is 1.35. The number of hydrogen-bond donors (Lipinski definition) is 0. The Balaban J connectivity index is 1.94. The van der Waals surface area contributed by atoms with E-state index in [1.165, 1.54) is 14.2 Å². The summed E-state index contributed by atoms with van der Waals surface area (Å²) in [7, 11) is 3.02. The first-order valence-corrected chi connectivity index (χ1v) is 8.16. The number of ether oxygens (including phenoxy) is 3. The lowest BCUT2D eigenvalue weighted by molar-refractivity contribution is 0.0686. The van der Waals surface area contributed by atoms with E-state index < -0.39 is 0 Å². The topological polar surface area (TPSA) is 60.9 Å². The molecular weight excluding hydrogens is 320 g/mol. The minimum absolute atomic E-state index is 0.106. The molecule has 0 fully saturated rings. The quantitative estimate of drug-likeness (QED) is 0.858. The lowest BCUT2D eigenvalue weighted by Gasteiger charge is -2.23. The van der Waals surface area contributed by atoms with Crippen LogP contribution in [0.3, 0.4) is 0 Å². The van der Waals surface area contributed by atoms with Crippen LogP contribution in [0.5, 0.6) is 17.5 Å². The van der Waals surface area contributed by atoms with E-state index in [0.717, 1.165) is 16.9 Å². The molecule has 0 N–H and O–H groups in total. The molecule has 132 valence electrons. The average molecular weight is 342 g/mol. The van der Waals surface area contributed by atoms with Crippen molar-refractivity contribution in [2.45, 2.75) is 26.5 Å². The summed E-state index contributed by atoms with van der Waals surface area (Å²) in [5.41, 5.74) is 2.54. The van der Waals surface area contributed by atoms with Crippen molar-refractivity contribution < 1.29 is 19.0 Å². The van der Waals surface area contributed by atoms with Crippen LogP contribution >= 0.6 is 0 Å². The van der Waals surface area contributed by atoms with Gasteiger partial charge in [0.25, 0.3) is 5.91 Å². The van der Waals surface area contributed by atoms with Gasteiger partial charge in [0.1, 0.15) is 17.4 Å². The van der Waals surface area contributed by atoms with Gasteiger partial charge in [-0.2, -0.15) is 4.98 Å². The lowest BCUT2D eigenvalue weighted by Crippen LogP contribution is -2.36. The normalized spacial score (nSPS) is 16.5. The molecule has 2 heterocycles. The molecule has 3 rings (SSSR count). The molecule has 0 saturated carbocycles. The first kappa shape index (κ1) is 17.1. The molecular formula is C19H22N2O4. The number of carbonyl (C=O) groups is 1. The highest BCUT2D eigenvalue weighted by molar-refractivity contribution is 5.96. The maximum Gasteiger partial charge on any atom is 0.259 e. The van der Waals surface area contributed by atoms with Crippen molar-refractivity contribution in [1.29, 1.82) is 0 Å². The molecule has 2 aromatic rings. The third kappa shape index (κ3) is 3.52. The predicted molar refractivity (Wildman–Crippen MR) is 93.4 cm³/mol. The van der Waals surface area contributed by atoms with Crippen molar-refractivity contribution in [2.75, 3.05) is 20.8 Å². The van der Waals surface area contributed by atoms with Gasteiger partial charge in [0.05, 0.1) is 20.8 Å². The zero-order valence-corrected chi connectivity index (χ0v) is 14.9. The Labute approximate surface area is 147 Å². The van der Waals surface area contributed by atoms with E-state index in [9.17, 15) is 4.79 Å². The van der Waals surface area contributed by atoms with Crippen molar-refractivity contribution in [2.24, 2.45) is 0 Å². The van der Waals surface area contributed by atoms with Crippen LogP contribution in [0.4, 0.5) is 0 Å². The monoisotopic (exact) mass is 342 g/mol. The summed E-state index contributed by atoms with van der Waals surface area (Å²) in [5, 5.41) is 0. The molecule has 1 aromatic carbocycles. The van der Waals surface area contributed by atoms with Crippen molar-refractivity contribution in [3.63, 3.8) is 0 Å². The number of amides is 1. The van der Waals surface area contributed by atoms with Gasteiger partial charge in [-0.1, -0.05) is 17.7 Å². The van der Waals surface area contributed by atoms with Crippen LogP contribution < -0.4 is 14.2 Å². The van der Waals surface area contributed by atoms with E-state index >= 15 is 0 Å². The van der Waals surface area contributed by atoms with Gasteiger partial charge >= 0.3 is 0 Å². The average Bonchev–Trinajstić information content (AvgIpc) is 2.78. The molecule has 0 radical (unpaired) electrons. The Bertz CT molecular complexity index is 791. The molecule has 25 heavy (non-hydrogen) atoms. The second-order valence-corrected chi connectivity index (χ2v) is 6.14. The number of carbonyl (C=O) groups excluding carboxylic acids is 1. The molecule has 0 spiro atoms. The zero-order chi connectivity index (χ0) is 18.0. The predicted octanol–water partition coefficient (Wildman–Crippen LogP) is 2.83. The number of rotatable bonds is 3. The van der Waals surface area contributed by atoms with E-state index in [4.69, 9.17) is 14.2 Å². The van der Waals surface area contributed by atoms with Gasteiger partial charge in [-0.05, 0) is 26.0 Å². The van der Waals surface area contributed by atoms with Gasteiger partial charge in [-0.3, -0.25) is 4.79 Å². The van der Waals surface area contributed by atoms with Crippen LogP contribution in [0, 0.1) is 6.92 Å². The molecule has 1 aliphatic heterocycles. The maximum absolute atomic E-state index is 13.1. The largest absolute Gasteiger partial charge is 0.489 e. The fraction of sp³-hybridized carbons (Fsp3) is 0.368. The smallest absolute Gasteiger partial charge is 0.259 e. The molecule has 0 bridgehead atoms. The highest BCUT2D eigenvalue weighted by Gasteiger charge is 2.27. The van der Waals surface area contributed by atoms with Gasteiger partial charge in [-0.15, -0.1) is 0 Å². The van der Waals surface area contributed by atoms with Crippen molar-refractivity contribution >= 4 is 5.91 Å². The summed E-state index contributed by atoms with van der Waals surface area (Å²) in [6, 6.07) is 9.37. The molecule has 1 aliphatic rings. The highest BCUT2D eigenvalue weighted by atomic mass is 16.5. The van der Waals surface area contributed by atoms with Crippen LogP contribution in [-0.2, 0) is 6.54 Å². The van der Waals surface area contributed by atoms with Gasteiger partial charge in [0, 0.05) is 18.2 Å². The summed E-state index contributed by atoms with van der Waals surface area (Å²) in [4.78, 5) is 19.1. The number of aromatic nitrogens is 1. The Morgan fingerprint density at radius 3 is 2.76 bits per heavy atom. The molecule has 1 atom stereocenters. The molecule has 1 unspecified atom stereocenters. The van der Waals surface area contributed by atoms with E-state index in [1.54, 1.807) is 17.0 Å². The van der Waals surface area contributed by atoms with Crippen LogP contribution in [0.1, 0.15) is 28.4 Å². The lowest BCUT2D eigenvalue weighted by atomic mass is 10.1. The van der Waals surface area contributed by atoms with Gasteiger partial charge < -0.3 is 19.1 Å². The number of methoxy groups -OCH3 is 2. The summed E-state index contributed by atoms with van der Waals surface area (Å²) >= 11 is 0. The molecule has 6 heteroatoms. The zero-order valence-electron chi connectivity index (χ0n) is 14.9. The van der Waals surface area contributed by atoms with Crippen LogP contribution in [0.15, 0.2) is 30.3 Å². The number of aryl methyl sites for hydroxylation is 1. The van der Waals surface area contributed by atoms with E-state index in [-0.39, 0.29) is 17.9 Å². The maximum atomic E-state index is 13.1. The Morgan fingerprint density at radius 2 is 2.04 bits per heavy atom. The fourth-order valence-electron chi connectivity index (χ4n) is 2.96. The minimum atomic E-state index is -0.142. The Morgan fingerprint density at radius 1 is 1.24 bits per heavy atom. The summed E-state index contributed by atoms with van der Waals surface area (Å²) in [6.45, 7) is 4.95. The van der Waals surface area contributed by atoms with Gasteiger partial charge in [-0.25, -0.2) is 0 Å². The van der Waals surface area contributed by atoms with Crippen molar-refractivity contribution in [1.82, 2.24) is 9.88 Å². The van der Waals surface area contributed by atoms with Crippen LogP contribution in [0.2, 0.25) is 0 Å². The van der Waals surface area contributed by atoms with E-state index in [1.807, 2.05) is 26.0 Å². The molecule has 1 aromatic heterocycles. The SMILES string of the molecule is COc1ccc(C(=O)N2Cc3cc(C)ccc3OC(C)C2)c(OC)n1. The van der Waals surface area contributed by atoms with Gasteiger partial charge in [0.15, 0.2) is 0 Å². The van der Waals surface area contributed by atoms with Crippen molar-refractivity contribution in [3.8, 4) is 17.5 Å². The number of fused-ring (bicyclic) bond motifs is 1. The summed E-state index contributed by atoms with van der Waals surface area (Å²) < 4.78 is 16.3. The Kier molecular flexibility index (Phi) is 4.79. The number of pyridine rings is 1. The van der Waals surface area contributed by atoms with Crippen molar-refractivity contribution in [3.05, 3.63) is 47.0 Å². The third-order valence-corrected chi connectivity index (χ3v) is 4.14. The standard InChI is InChI=1S/C19H22N2O4/c1-12-5-7-16-14(9-12)11-21(10-13(2)25-16)19(22)15-6-8-17(23-3)20-18(15)24-4/h5-9,13H,10-11H2,1-4H3. The Hall–Kier alpha value is -2.76. The second-order valence-electron chi connectivity index (χ2n) is 6.14. The number of nitrogens with zero attached hydrogens (tertiary/aromatic N) is 2.